The zero-order valence-corrected chi connectivity index (χ0v) is 14.6. The first kappa shape index (κ1) is 19.4. The van der Waals surface area contributed by atoms with Crippen LogP contribution >= 0.6 is 11.3 Å². The van der Waals surface area contributed by atoms with E-state index in [9.17, 15) is 14.4 Å². The van der Waals surface area contributed by atoms with E-state index in [0.717, 1.165) is 5.01 Å². The Kier molecular flexibility index (Phi) is 8.01. The molecule has 1 rings (SSSR count). The molecule has 8 heteroatoms. The van der Waals surface area contributed by atoms with Crippen LogP contribution in [-0.4, -0.2) is 55.9 Å². The van der Waals surface area contributed by atoms with E-state index in [1.165, 1.54) is 38.7 Å². The topological polar surface area (TPSA) is 94.6 Å². The maximum atomic E-state index is 12.4. The summed E-state index contributed by atoms with van der Waals surface area (Å²) in [6.07, 6.45) is 1.46. The number of methoxy groups -OCH3 is 2. The van der Waals surface area contributed by atoms with Gasteiger partial charge in [-0.15, -0.1) is 11.3 Å². The van der Waals surface area contributed by atoms with Crippen molar-refractivity contribution in [3.05, 3.63) is 16.1 Å². The highest BCUT2D eigenvalue weighted by Crippen LogP contribution is 2.13. The molecule has 0 aliphatic carbocycles. The maximum Gasteiger partial charge on any atom is 0.263 e. The molecule has 0 aliphatic rings. The molecule has 0 fully saturated rings. The number of nitrogens with zero attached hydrogens (tertiary/aromatic N) is 1. The number of ketones is 2. The van der Waals surface area contributed by atoms with E-state index in [2.05, 4.69) is 10.3 Å². The highest BCUT2D eigenvalue weighted by atomic mass is 32.1. The molecule has 1 aromatic heterocycles. The van der Waals surface area contributed by atoms with Crippen LogP contribution in [0.25, 0.3) is 0 Å². The predicted molar refractivity (Wildman–Crippen MR) is 85.7 cm³/mol. The molecule has 0 unspecified atom stereocenters. The molecule has 128 valence electrons. The fourth-order valence-corrected chi connectivity index (χ4v) is 2.66. The van der Waals surface area contributed by atoms with Gasteiger partial charge in [-0.3, -0.25) is 14.4 Å². The van der Waals surface area contributed by atoms with Crippen LogP contribution in [0.1, 0.15) is 28.0 Å². The number of rotatable bonds is 10. The predicted octanol–water partition coefficient (Wildman–Crippen LogP) is 1.01. The Morgan fingerprint density at radius 2 is 1.91 bits per heavy atom. The first-order valence-electron chi connectivity index (χ1n) is 7.13. The molecule has 1 amide bonds. The minimum absolute atomic E-state index is 0.000795. The largest absolute Gasteiger partial charge is 0.384 e. The summed E-state index contributed by atoms with van der Waals surface area (Å²) in [5, 5.41) is 3.40. The average molecular weight is 342 g/mol. The van der Waals surface area contributed by atoms with Gasteiger partial charge in [0.25, 0.3) is 5.91 Å². The number of aryl methyl sites for hydroxylation is 1. The third kappa shape index (κ3) is 6.17. The van der Waals surface area contributed by atoms with Crippen molar-refractivity contribution >= 4 is 28.8 Å². The number of ether oxygens (including phenoxy) is 2. The lowest BCUT2D eigenvalue weighted by atomic mass is 9.96. The number of aromatic nitrogens is 1. The first-order valence-corrected chi connectivity index (χ1v) is 7.95. The smallest absolute Gasteiger partial charge is 0.263 e. The highest BCUT2D eigenvalue weighted by Gasteiger charge is 2.26. The van der Waals surface area contributed by atoms with Gasteiger partial charge in [0.15, 0.2) is 5.78 Å². The molecule has 1 N–H and O–H groups in total. The molecule has 1 aromatic rings. The van der Waals surface area contributed by atoms with Crippen LogP contribution in [0.2, 0.25) is 0 Å². The van der Waals surface area contributed by atoms with Gasteiger partial charge in [0, 0.05) is 26.6 Å². The minimum atomic E-state index is -0.811. The minimum Gasteiger partial charge on any atom is -0.384 e. The van der Waals surface area contributed by atoms with Crippen LogP contribution < -0.4 is 5.32 Å². The van der Waals surface area contributed by atoms with Crippen LogP contribution in [0.4, 0.5) is 0 Å². The van der Waals surface area contributed by atoms with Crippen molar-refractivity contribution < 1.29 is 23.9 Å². The van der Waals surface area contributed by atoms with Crippen LogP contribution in [0, 0.1) is 12.8 Å². The second kappa shape index (κ2) is 9.49. The summed E-state index contributed by atoms with van der Waals surface area (Å²) >= 11 is 1.25. The number of amides is 1. The number of carbonyl (C=O) groups is 3. The second-order valence-electron chi connectivity index (χ2n) is 5.16. The standard InChI is InChI=1S/C15H22N2O5S/c1-9(18)11(7-21-3)5-13(19)12(8-22-4)17-15(20)14-6-16-10(2)23-14/h6,11-12H,5,7-8H2,1-4H3,(H,17,20)/t11-,12-/m0/s1. The van der Waals surface area contributed by atoms with Gasteiger partial charge in [-0.05, 0) is 13.8 Å². The number of Topliss-reactive ketones (excluding diaryl/α,β-unsaturated/α-hetero) is 2. The monoisotopic (exact) mass is 342 g/mol. The maximum absolute atomic E-state index is 12.4. The summed E-state index contributed by atoms with van der Waals surface area (Å²) < 4.78 is 9.97. The van der Waals surface area contributed by atoms with Gasteiger partial charge >= 0.3 is 0 Å². The molecule has 0 saturated carbocycles. The Labute approximate surface area is 139 Å². The van der Waals surface area contributed by atoms with Gasteiger partial charge in [0.1, 0.15) is 16.7 Å². The number of hydrogen-bond donors (Lipinski definition) is 1. The molecule has 2 atom stereocenters. The SMILES string of the molecule is COC[C@H](CC(=O)[C@H](COC)NC(=O)c1cnc(C)s1)C(C)=O. The molecule has 0 radical (unpaired) electrons. The fourth-order valence-electron chi connectivity index (χ4n) is 1.98. The van der Waals surface area contributed by atoms with Crippen molar-refractivity contribution in [2.24, 2.45) is 5.92 Å². The first-order chi connectivity index (χ1) is 10.9. The molecule has 1 heterocycles. The van der Waals surface area contributed by atoms with Crippen LogP contribution in [0.3, 0.4) is 0 Å². The van der Waals surface area contributed by atoms with E-state index in [4.69, 9.17) is 9.47 Å². The van der Waals surface area contributed by atoms with E-state index in [-0.39, 0.29) is 37.1 Å². The van der Waals surface area contributed by atoms with Gasteiger partial charge in [-0.1, -0.05) is 0 Å². The van der Waals surface area contributed by atoms with E-state index in [0.29, 0.717) is 4.88 Å². The normalized spacial score (nSPS) is 13.4. The van der Waals surface area contributed by atoms with Crippen LogP contribution in [0.15, 0.2) is 6.20 Å². The summed E-state index contributed by atoms with van der Waals surface area (Å²) in [5.74, 6) is -1.29. The molecule has 0 aromatic carbocycles. The summed E-state index contributed by atoms with van der Waals surface area (Å²) in [6, 6.07) is -0.811. The Bertz CT molecular complexity index is 558. The highest BCUT2D eigenvalue weighted by molar-refractivity contribution is 7.13. The second-order valence-corrected chi connectivity index (χ2v) is 6.39. The molecule has 0 bridgehead atoms. The van der Waals surface area contributed by atoms with E-state index in [1.54, 1.807) is 6.92 Å². The van der Waals surface area contributed by atoms with E-state index >= 15 is 0 Å². The third-order valence-corrected chi connectivity index (χ3v) is 4.17. The van der Waals surface area contributed by atoms with E-state index in [1.807, 2.05) is 0 Å². The number of hydrogen-bond acceptors (Lipinski definition) is 7. The summed E-state index contributed by atoms with van der Waals surface area (Å²) in [4.78, 5) is 40.5. The molecule has 23 heavy (non-hydrogen) atoms. The zero-order valence-electron chi connectivity index (χ0n) is 13.8. The van der Waals surface area contributed by atoms with Crippen molar-refractivity contribution in [1.29, 1.82) is 0 Å². The number of thiazole rings is 1. The fraction of sp³-hybridized carbons (Fsp3) is 0.600. The molecule has 0 saturated heterocycles. The Morgan fingerprint density at radius 3 is 2.39 bits per heavy atom. The van der Waals surface area contributed by atoms with Crippen molar-refractivity contribution in [2.75, 3.05) is 27.4 Å². The quantitative estimate of drug-likeness (QED) is 0.682. The third-order valence-electron chi connectivity index (χ3n) is 3.26. The van der Waals surface area contributed by atoms with Crippen molar-refractivity contribution in [1.82, 2.24) is 10.3 Å². The van der Waals surface area contributed by atoms with Crippen LogP contribution in [0.5, 0.6) is 0 Å². The van der Waals surface area contributed by atoms with Crippen molar-refractivity contribution in [3.8, 4) is 0 Å². The average Bonchev–Trinajstić information content (AvgIpc) is 2.92. The molecule has 7 nitrogen and oxygen atoms in total. The van der Waals surface area contributed by atoms with Gasteiger partial charge in [-0.2, -0.15) is 0 Å². The molecular weight excluding hydrogens is 320 g/mol. The molecule has 0 spiro atoms. The summed E-state index contributed by atoms with van der Waals surface area (Å²) in [6.45, 7) is 3.42. The lowest BCUT2D eigenvalue weighted by Gasteiger charge is -2.19. The van der Waals surface area contributed by atoms with Gasteiger partial charge in [-0.25, -0.2) is 4.98 Å². The zero-order chi connectivity index (χ0) is 17.4. The van der Waals surface area contributed by atoms with Gasteiger partial charge < -0.3 is 14.8 Å². The Morgan fingerprint density at radius 1 is 1.26 bits per heavy atom. The summed E-state index contributed by atoms with van der Waals surface area (Å²) in [5.41, 5.74) is 0. The Balaban J connectivity index is 2.74. The van der Waals surface area contributed by atoms with Crippen LogP contribution in [-0.2, 0) is 19.1 Å². The number of nitrogens with one attached hydrogen (secondary N) is 1. The van der Waals surface area contributed by atoms with Gasteiger partial charge in [0.05, 0.1) is 24.4 Å². The van der Waals surface area contributed by atoms with Crippen molar-refractivity contribution in [2.45, 2.75) is 26.3 Å². The lowest BCUT2D eigenvalue weighted by Crippen LogP contribution is -2.44. The summed E-state index contributed by atoms with van der Waals surface area (Å²) in [7, 11) is 2.92. The number of carbonyl (C=O) groups excluding carboxylic acids is 3. The lowest BCUT2D eigenvalue weighted by molar-refractivity contribution is -0.129. The van der Waals surface area contributed by atoms with Crippen molar-refractivity contribution in [3.63, 3.8) is 0 Å². The molecular formula is C15H22N2O5S. The molecule has 0 aliphatic heterocycles. The Hall–Kier alpha value is -1.64. The van der Waals surface area contributed by atoms with Gasteiger partial charge in [0.2, 0.25) is 0 Å². The van der Waals surface area contributed by atoms with E-state index < -0.39 is 12.0 Å².